The van der Waals surface area contributed by atoms with Crippen molar-refractivity contribution in [1.29, 1.82) is 0 Å². The van der Waals surface area contributed by atoms with Crippen LogP contribution >= 0.6 is 11.8 Å². The maximum atomic E-state index is 10.8. The number of nitrogens with one attached hydrogen (secondary N) is 1. The zero-order chi connectivity index (χ0) is 10.6. The monoisotopic (exact) mass is 234 g/mol. The zero-order valence-electron chi connectivity index (χ0n) is 8.95. The average molecular weight is 234 g/mol. The molecule has 0 amide bonds. The molecule has 1 aliphatic heterocycles. The summed E-state index contributed by atoms with van der Waals surface area (Å²) >= 11 is 1.81. The smallest absolute Gasteiger partial charge is 0.156 e. The van der Waals surface area contributed by atoms with Crippen molar-refractivity contribution in [3.8, 4) is 0 Å². The fraction of sp³-hybridized carbons (Fsp3) is 0.889. The highest BCUT2D eigenvalue weighted by Gasteiger charge is 2.21. The topological polar surface area (TPSA) is 41.5 Å². The molecule has 1 N–H and O–H groups in total. The molecule has 2 unspecified atom stereocenters. The van der Waals surface area contributed by atoms with Gasteiger partial charge in [0.2, 0.25) is 0 Å². The summed E-state index contributed by atoms with van der Waals surface area (Å²) in [6, 6.07) is 0. The highest BCUT2D eigenvalue weighted by Crippen LogP contribution is 2.25. The summed E-state index contributed by atoms with van der Waals surface area (Å²) < 4.78 is 10.8. The molecule has 1 aliphatic rings. The SMILES string of the molecule is CC(C)C1CN=C(NCCS(C)=O)S1. The molecule has 0 aromatic rings. The summed E-state index contributed by atoms with van der Waals surface area (Å²) in [6.45, 7) is 6.12. The lowest BCUT2D eigenvalue weighted by Gasteiger charge is -2.11. The third-order valence-corrected chi connectivity index (χ3v) is 4.36. The molecule has 0 fully saturated rings. The van der Waals surface area contributed by atoms with E-state index in [-0.39, 0.29) is 0 Å². The first kappa shape index (κ1) is 12.0. The Hall–Kier alpha value is -0.0300. The Labute approximate surface area is 92.6 Å². The normalized spacial score (nSPS) is 23.7. The number of amidine groups is 1. The van der Waals surface area contributed by atoms with E-state index in [9.17, 15) is 4.21 Å². The summed E-state index contributed by atoms with van der Waals surface area (Å²) in [5, 5.41) is 4.86. The van der Waals surface area contributed by atoms with E-state index in [0.717, 1.165) is 18.3 Å². The maximum Gasteiger partial charge on any atom is 0.156 e. The van der Waals surface area contributed by atoms with Gasteiger partial charge in [-0.05, 0) is 5.92 Å². The third kappa shape index (κ3) is 4.00. The second-order valence-electron chi connectivity index (χ2n) is 3.75. The number of rotatable bonds is 4. The van der Waals surface area contributed by atoms with Gasteiger partial charge in [-0.25, -0.2) is 0 Å². The third-order valence-electron chi connectivity index (χ3n) is 2.09. The molecule has 14 heavy (non-hydrogen) atoms. The largest absolute Gasteiger partial charge is 0.364 e. The van der Waals surface area contributed by atoms with Gasteiger partial charge in [0.15, 0.2) is 5.17 Å². The molecule has 0 aromatic carbocycles. The van der Waals surface area contributed by atoms with E-state index in [1.165, 1.54) is 0 Å². The second kappa shape index (κ2) is 5.75. The van der Waals surface area contributed by atoms with Gasteiger partial charge in [-0.1, -0.05) is 25.6 Å². The summed E-state index contributed by atoms with van der Waals surface area (Å²) in [5.74, 6) is 1.37. The highest BCUT2D eigenvalue weighted by molar-refractivity contribution is 8.14. The van der Waals surface area contributed by atoms with Crippen LogP contribution in [0.25, 0.3) is 0 Å². The molecule has 5 heteroatoms. The fourth-order valence-corrected chi connectivity index (χ4v) is 2.57. The molecule has 0 radical (unpaired) electrons. The van der Waals surface area contributed by atoms with Gasteiger partial charge < -0.3 is 5.32 Å². The van der Waals surface area contributed by atoms with Crippen molar-refractivity contribution in [2.75, 3.05) is 25.1 Å². The average Bonchev–Trinajstić information content (AvgIpc) is 2.52. The Bertz CT molecular complexity index is 241. The van der Waals surface area contributed by atoms with E-state index in [2.05, 4.69) is 24.2 Å². The lowest BCUT2D eigenvalue weighted by atomic mass is 10.1. The minimum Gasteiger partial charge on any atom is -0.364 e. The van der Waals surface area contributed by atoms with Crippen molar-refractivity contribution in [3.63, 3.8) is 0 Å². The van der Waals surface area contributed by atoms with E-state index in [0.29, 0.717) is 16.9 Å². The van der Waals surface area contributed by atoms with E-state index >= 15 is 0 Å². The Morgan fingerprint density at radius 1 is 1.71 bits per heavy atom. The number of hydrogen-bond donors (Lipinski definition) is 1. The summed E-state index contributed by atoms with van der Waals surface area (Å²) in [6.07, 6.45) is 1.72. The van der Waals surface area contributed by atoms with Gasteiger partial charge in [0.25, 0.3) is 0 Å². The van der Waals surface area contributed by atoms with Gasteiger partial charge in [0.05, 0.1) is 6.54 Å². The lowest BCUT2D eigenvalue weighted by molar-refractivity contribution is 0.621. The molecule has 0 aromatic heterocycles. The molecule has 1 rings (SSSR count). The van der Waals surface area contributed by atoms with Crippen LogP contribution in [0, 0.1) is 5.92 Å². The second-order valence-corrected chi connectivity index (χ2v) is 6.53. The van der Waals surface area contributed by atoms with Crippen molar-refractivity contribution < 1.29 is 4.21 Å². The molecule has 0 saturated heterocycles. The van der Waals surface area contributed by atoms with Crippen LogP contribution in [0.3, 0.4) is 0 Å². The first-order valence-corrected chi connectivity index (χ1v) is 7.45. The standard InChI is InChI=1S/C9H18N2OS2/c1-7(2)8-6-11-9(13-8)10-4-5-14(3)12/h7-8H,4-6H2,1-3H3,(H,10,11). The Morgan fingerprint density at radius 3 is 2.93 bits per heavy atom. The number of nitrogens with zero attached hydrogens (tertiary/aromatic N) is 1. The molecule has 0 aliphatic carbocycles. The predicted molar refractivity (Wildman–Crippen MR) is 65.5 cm³/mol. The molecule has 3 nitrogen and oxygen atoms in total. The maximum absolute atomic E-state index is 10.8. The summed E-state index contributed by atoms with van der Waals surface area (Å²) in [7, 11) is -0.710. The molecule has 0 spiro atoms. The number of thioether (sulfide) groups is 1. The number of aliphatic imine (C=N–C) groups is 1. The Morgan fingerprint density at radius 2 is 2.43 bits per heavy atom. The van der Waals surface area contributed by atoms with Crippen LogP contribution in [0.2, 0.25) is 0 Å². The molecule has 1 heterocycles. The van der Waals surface area contributed by atoms with Gasteiger partial charge in [-0.2, -0.15) is 0 Å². The quantitative estimate of drug-likeness (QED) is 0.791. The van der Waals surface area contributed by atoms with Crippen LogP contribution < -0.4 is 5.32 Å². The zero-order valence-corrected chi connectivity index (χ0v) is 10.6. The van der Waals surface area contributed by atoms with E-state index in [4.69, 9.17) is 0 Å². The van der Waals surface area contributed by atoms with Crippen LogP contribution in [-0.4, -0.2) is 39.7 Å². The molecule has 0 saturated carbocycles. The molecular weight excluding hydrogens is 216 g/mol. The fourth-order valence-electron chi connectivity index (χ4n) is 1.14. The van der Waals surface area contributed by atoms with E-state index in [1.54, 1.807) is 6.26 Å². The Kier molecular flexibility index (Phi) is 4.95. The summed E-state index contributed by atoms with van der Waals surface area (Å²) in [4.78, 5) is 4.40. The van der Waals surface area contributed by atoms with Crippen molar-refractivity contribution in [3.05, 3.63) is 0 Å². The van der Waals surface area contributed by atoms with Gasteiger partial charge in [-0.15, -0.1) is 0 Å². The first-order chi connectivity index (χ1) is 6.59. The van der Waals surface area contributed by atoms with Crippen LogP contribution in [-0.2, 0) is 10.8 Å². The van der Waals surface area contributed by atoms with Crippen molar-refractivity contribution in [1.82, 2.24) is 5.32 Å². The van der Waals surface area contributed by atoms with Crippen LogP contribution in [0.1, 0.15) is 13.8 Å². The van der Waals surface area contributed by atoms with Gasteiger partial charge in [0.1, 0.15) is 0 Å². The molecule has 82 valence electrons. The van der Waals surface area contributed by atoms with Crippen LogP contribution in [0.5, 0.6) is 0 Å². The van der Waals surface area contributed by atoms with Gasteiger partial charge in [-0.3, -0.25) is 9.20 Å². The van der Waals surface area contributed by atoms with Crippen molar-refractivity contribution in [2.24, 2.45) is 10.9 Å². The predicted octanol–water partition coefficient (Wildman–Crippen LogP) is 1.08. The van der Waals surface area contributed by atoms with E-state index < -0.39 is 10.8 Å². The van der Waals surface area contributed by atoms with Crippen LogP contribution in [0.4, 0.5) is 0 Å². The first-order valence-electron chi connectivity index (χ1n) is 4.84. The highest BCUT2D eigenvalue weighted by atomic mass is 32.2. The van der Waals surface area contributed by atoms with E-state index in [1.807, 2.05) is 11.8 Å². The minimum atomic E-state index is -0.710. The lowest BCUT2D eigenvalue weighted by Crippen LogP contribution is -2.25. The van der Waals surface area contributed by atoms with Crippen LogP contribution in [0.15, 0.2) is 4.99 Å². The molecular formula is C9H18N2OS2. The summed E-state index contributed by atoms with van der Waals surface area (Å²) in [5.41, 5.74) is 0. The molecule has 2 atom stereocenters. The number of hydrogen-bond acceptors (Lipinski definition) is 4. The van der Waals surface area contributed by atoms with Gasteiger partial charge >= 0.3 is 0 Å². The minimum absolute atomic E-state index is 0.615. The van der Waals surface area contributed by atoms with Gasteiger partial charge in [0, 0.05) is 34.6 Å². The molecule has 0 bridgehead atoms. The Balaban J connectivity index is 2.19. The van der Waals surface area contributed by atoms with Crippen molar-refractivity contribution in [2.45, 2.75) is 19.1 Å². The van der Waals surface area contributed by atoms with Crippen molar-refractivity contribution >= 4 is 27.7 Å².